The Kier molecular flexibility index (Phi) is 2.98. The summed E-state index contributed by atoms with van der Waals surface area (Å²) in [6.45, 7) is 4.14. The summed E-state index contributed by atoms with van der Waals surface area (Å²) in [4.78, 5) is 14.2. The van der Waals surface area contributed by atoms with E-state index in [-0.39, 0.29) is 6.04 Å². The van der Waals surface area contributed by atoms with Crippen molar-refractivity contribution >= 4 is 17.0 Å². The predicted octanol–water partition coefficient (Wildman–Crippen LogP) is 2.09. The van der Waals surface area contributed by atoms with E-state index in [1.807, 2.05) is 0 Å². The number of anilines is 1. The summed E-state index contributed by atoms with van der Waals surface area (Å²) in [5, 5.41) is 3.17. The van der Waals surface area contributed by atoms with Crippen LogP contribution >= 0.6 is 0 Å². The number of aromatic nitrogens is 4. The standard InChI is InChI=1S/C10H14FN5/c1-3-6(4-2)14-9-7-8(13-5-12-7)15-10(11)16-9/h5-6H,3-4H2,1-2H3,(H2,12,13,14,15,16). The quantitative estimate of drug-likeness (QED) is 0.779. The second-order valence-corrected chi connectivity index (χ2v) is 3.60. The summed E-state index contributed by atoms with van der Waals surface area (Å²) < 4.78 is 13.1. The first-order valence-electron chi connectivity index (χ1n) is 5.37. The minimum atomic E-state index is -0.745. The van der Waals surface area contributed by atoms with Crippen LogP contribution in [-0.4, -0.2) is 26.0 Å². The zero-order chi connectivity index (χ0) is 11.5. The molecule has 16 heavy (non-hydrogen) atoms. The van der Waals surface area contributed by atoms with E-state index < -0.39 is 6.08 Å². The van der Waals surface area contributed by atoms with Gasteiger partial charge in [-0.25, -0.2) is 4.98 Å². The lowest BCUT2D eigenvalue weighted by molar-refractivity contribution is 0.543. The maximum Gasteiger partial charge on any atom is 0.312 e. The number of hydrogen-bond donors (Lipinski definition) is 2. The average molecular weight is 223 g/mol. The molecule has 0 spiro atoms. The number of fused-ring (bicyclic) bond motifs is 1. The minimum Gasteiger partial charge on any atom is -0.365 e. The van der Waals surface area contributed by atoms with E-state index in [4.69, 9.17) is 0 Å². The van der Waals surface area contributed by atoms with Crippen molar-refractivity contribution in [2.75, 3.05) is 5.32 Å². The van der Waals surface area contributed by atoms with Gasteiger partial charge < -0.3 is 10.3 Å². The maximum atomic E-state index is 13.1. The summed E-state index contributed by atoms with van der Waals surface area (Å²) in [7, 11) is 0. The molecule has 0 aromatic carbocycles. The van der Waals surface area contributed by atoms with Crippen molar-refractivity contribution in [3.05, 3.63) is 12.4 Å². The Balaban J connectivity index is 2.38. The fourth-order valence-corrected chi connectivity index (χ4v) is 1.60. The van der Waals surface area contributed by atoms with Crippen molar-refractivity contribution in [2.45, 2.75) is 32.7 Å². The van der Waals surface area contributed by atoms with Gasteiger partial charge in [0.15, 0.2) is 11.5 Å². The highest BCUT2D eigenvalue weighted by molar-refractivity contribution is 5.82. The Bertz CT molecular complexity index is 477. The lowest BCUT2D eigenvalue weighted by Crippen LogP contribution is -2.18. The first-order chi connectivity index (χ1) is 7.74. The first-order valence-corrected chi connectivity index (χ1v) is 5.37. The maximum absolute atomic E-state index is 13.1. The van der Waals surface area contributed by atoms with Crippen molar-refractivity contribution in [3.63, 3.8) is 0 Å². The number of aromatic amines is 1. The van der Waals surface area contributed by atoms with Gasteiger partial charge in [-0.2, -0.15) is 14.4 Å². The van der Waals surface area contributed by atoms with Gasteiger partial charge in [-0.1, -0.05) is 13.8 Å². The fraction of sp³-hybridized carbons (Fsp3) is 0.500. The molecule has 2 aromatic heterocycles. The average Bonchev–Trinajstić information content (AvgIpc) is 2.73. The molecule has 0 amide bonds. The van der Waals surface area contributed by atoms with E-state index in [0.29, 0.717) is 17.0 Å². The lowest BCUT2D eigenvalue weighted by Gasteiger charge is -2.15. The van der Waals surface area contributed by atoms with Gasteiger partial charge in [0.1, 0.15) is 5.52 Å². The molecule has 0 bridgehead atoms. The van der Waals surface area contributed by atoms with E-state index >= 15 is 0 Å². The molecule has 0 aliphatic carbocycles. The first kappa shape index (κ1) is 10.8. The predicted molar refractivity (Wildman–Crippen MR) is 59.6 cm³/mol. The van der Waals surface area contributed by atoms with Crippen LogP contribution < -0.4 is 5.32 Å². The molecule has 0 saturated carbocycles. The van der Waals surface area contributed by atoms with Gasteiger partial charge in [0, 0.05) is 6.04 Å². The van der Waals surface area contributed by atoms with Crippen LogP contribution in [0.1, 0.15) is 26.7 Å². The van der Waals surface area contributed by atoms with E-state index in [2.05, 4.69) is 39.1 Å². The van der Waals surface area contributed by atoms with Crippen LogP contribution in [0.15, 0.2) is 6.33 Å². The van der Waals surface area contributed by atoms with Crippen LogP contribution in [0.5, 0.6) is 0 Å². The Morgan fingerprint density at radius 3 is 2.81 bits per heavy atom. The Hall–Kier alpha value is -1.72. The fourth-order valence-electron chi connectivity index (χ4n) is 1.60. The van der Waals surface area contributed by atoms with Gasteiger partial charge in [0.2, 0.25) is 0 Å². The molecule has 0 atom stereocenters. The molecule has 86 valence electrons. The molecule has 5 nitrogen and oxygen atoms in total. The highest BCUT2D eigenvalue weighted by atomic mass is 19.1. The summed E-state index contributed by atoms with van der Waals surface area (Å²) in [5.74, 6) is 0.456. The van der Waals surface area contributed by atoms with Gasteiger partial charge in [-0.15, -0.1) is 0 Å². The Morgan fingerprint density at radius 1 is 1.38 bits per heavy atom. The highest BCUT2D eigenvalue weighted by Gasteiger charge is 2.12. The van der Waals surface area contributed by atoms with Gasteiger partial charge >= 0.3 is 6.08 Å². The van der Waals surface area contributed by atoms with Crippen LogP contribution in [0.3, 0.4) is 0 Å². The van der Waals surface area contributed by atoms with Gasteiger partial charge in [-0.05, 0) is 12.8 Å². The SMILES string of the molecule is CCC(CC)Nc1nc(F)nc2[nH]cnc12. The van der Waals surface area contributed by atoms with Gasteiger partial charge in [-0.3, -0.25) is 0 Å². The molecule has 0 radical (unpaired) electrons. The number of nitrogens with one attached hydrogen (secondary N) is 2. The summed E-state index contributed by atoms with van der Waals surface area (Å²) >= 11 is 0. The normalized spacial score (nSPS) is 11.2. The van der Waals surface area contributed by atoms with Crippen molar-refractivity contribution in [1.29, 1.82) is 0 Å². The van der Waals surface area contributed by atoms with Crippen LogP contribution in [0.4, 0.5) is 10.2 Å². The molecule has 0 fully saturated rings. The molecule has 0 saturated heterocycles. The molecular formula is C10H14FN5. The molecular weight excluding hydrogens is 209 g/mol. The third-order valence-corrected chi connectivity index (χ3v) is 2.58. The minimum absolute atomic E-state index is 0.272. The van der Waals surface area contributed by atoms with Gasteiger partial charge in [0.05, 0.1) is 6.33 Å². The van der Waals surface area contributed by atoms with Crippen LogP contribution in [0.2, 0.25) is 0 Å². The largest absolute Gasteiger partial charge is 0.365 e. The lowest BCUT2D eigenvalue weighted by atomic mass is 10.2. The summed E-state index contributed by atoms with van der Waals surface area (Å²) in [6, 6.07) is 0.272. The molecule has 6 heteroatoms. The van der Waals surface area contributed by atoms with E-state index in [1.54, 1.807) is 0 Å². The zero-order valence-corrected chi connectivity index (χ0v) is 9.29. The number of rotatable bonds is 4. The number of nitrogens with zero attached hydrogens (tertiary/aromatic N) is 3. The third kappa shape index (κ3) is 1.95. The van der Waals surface area contributed by atoms with Crippen molar-refractivity contribution in [3.8, 4) is 0 Å². The van der Waals surface area contributed by atoms with Gasteiger partial charge in [0.25, 0.3) is 0 Å². The number of hydrogen-bond acceptors (Lipinski definition) is 4. The smallest absolute Gasteiger partial charge is 0.312 e. The van der Waals surface area contributed by atoms with Crippen LogP contribution in [0.25, 0.3) is 11.2 Å². The molecule has 0 aliphatic rings. The van der Waals surface area contributed by atoms with E-state index in [1.165, 1.54) is 6.33 Å². The zero-order valence-electron chi connectivity index (χ0n) is 9.29. The van der Waals surface area contributed by atoms with E-state index in [0.717, 1.165) is 12.8 Å². The summed E-state index contributed by atoms with van der Waals surface area (Å²) in [5.41, 5.74) is 0.995. The Labute approximate surface area is 92.5 Å². The second kappa shape index (κ2) is 4.42. The monoisotopic (exact) mass is 223 g/mol. The molecule has 2 N–H and O–H groups in total. The molecule has 2 aromatic rings. The molecule has 2 rings (SSSR count). The van der Waals surface area contributed by atoms with Crippen LogP contribution in [0, 0.1) is 6.08 Å². The topological polar surface area (TPSA) is 66.5 Å². The van der Waals surface area contributed by atoms with Crippen molar-refractivity contribution < 1.29 is 4.39 Å². The molecule has 0 aliphatic heterocycles. The van der Waals surface area contributed by atoms with Crippen molar-refractivity contribution in [1.82, 2.24) is 19.9 Å². The van der Waals surface area contributed by atoms with Crippen LogP contribution in [-0.2, 0) is 0 Å². The Morgan fingerprint density at radius 2 is 2.12 bits per heavy atom. The number of halogens is 1. The number of H-pyrrole nitrogens is 1. The highest BCUT2D eigenvalue weighted by Crippen LogP contribution is 2.18. The second-order valence-electron chi connectivity index (χ2n) is 3.60. The molecule has 0 unspecified atom stereocenters. The summed E-state index contributed by atoms with van der Waals surface area (Å²) in [6.07, 6.45) is 2.64. The van der Waals surface area contributed by atoms with E-state index in [9.17, 15) is 4.39 Å². The third-order valence-electron chi connectivity index (χ3n) is 2.58. The van der Waals surface area contributed by atoms with Crippen molar-refractivity contribution in [2.24, 2.45) is 0 Å². The molecule has 2 heterocycles. The number of imidazole rings is 1.